The summed E-state index contributed by atoms with van der Waals surface area (Å²) in [6, 6.07) is -0.263. The Morgan fingerprint density at radius 3 is 2.29 bits per heavy atom. The maximum atomic E-state index is 11.5. The Hall–Kier alpha value is -1.14. The van der Waals surface area contributed by atoms with Crippen molar-refractivity contribution in [2.75, 3.05) is 26.7 Å². The molecule has 0 unspecified atom stereocenters. The van der Waals surface area contributed by atoms with Gasteiger partial charge in [-0.25, -0.2) is 4.79 Å². The molecule has 3 amide bonds. The van der Waals surface area contributed by atoms with E-state index < -0.39 is 6.03 Å². The quantitative estimate of drug-likeness (QED) is 0.586. The summed E-state index contributed by atoms with van der Waals surface area (Å²) in [7, 11) is 1.45. The fourth-order valence-electron chi connectivity index (χ4n) is 1.74. The highest BCUT2D eigenvalue weighted by atomic mass is 16.3. The Morgan fingerprint density at radius 1 is 1.29 bits per heavy atom. The van der Waals surface area contributed by atoms with Crippen molar-refractivity contribution in [2.45, 2.75) is 32.7 Å². The Balaban J connectivity index is 4.32. The van der Waals surface area contributed by atoms with Gasteiger partial charge in [-0.05, 0) is 12.8 Å². The van der Waals surface area contributed by atoms with E-state index in [4.69, 9.17) is 5.11 Å². The monoisotopic (exact) mass is 245 g/mol. The Bertz CT molecular complexity index is 242. The number of carbonyl (C=O) groups is 2. The van der Waals surface area contributed by atoms with Gasteiger partial charge in [0.25, 0.3) is 0 Å². The molecule has 0 radical (unpaired) electrons. The Kier molecular flexibility index (Phi) is 8.35. The molecular formula is C11H23N3O3. The molecule has 0 bridgehead atoms. The van der Waals surface area contributed by atoms with Crippen molar-refractivity contribution < 1.29 is 14.7 Å². The first-order valence-corrected chi connectivity index (χ1v) is 5.95. The molecule has 0 aromatic rings. The first kappa shape index (κ1) is 15.9. The summed E-state index contributed by atoms with van der Waals surface area (Å²) in [6.07, 6.45) is 1.81. The number of amides is 3. The molecule has 6 nitrogen and oxygen atoms in total. The molecule has 0 spiro atoms. The van der Waals surface area contributed by atoms with Gasteiger partial charge in [-0.3, -0.25) is 15.0 Å². The normalized spacial score (nSPS) is 10.7. The van der Waals surface area contributed by atoms with Gasteiger partial charge in [0, 0.05) is 19.6 Å². The van der Waals surface area contributed by atoms with Crippen LogP contribution in [0.3, 0.4) is 0 Å². The van der Waals surface area contributed by atoms with Gasteiger partial charge in [0.1, 0.15) is 0 Å². The second kappa shape index (κ2) is 8.95. The van der Waals surface area contributed by atoms with Gasteiger partial charge in [-0.1, -0.05) is 13.8 Å². The molecule has 0 fully saturated rings. The van der Waals surface area contributed by atoms with Gasteiger partial charge < -0.3 is 10.4 Å². The molecule has 0 aliphatic heterocycles. The van der Waals surface area contributed by atoms with E-state index in [1.54, 1.807) is 0 Å². The van der Waals surface area contributed by atoms with Gasteiger partial charge in [0.05, 0.1) is 13.2 Å². The largest absolute Gasteiger partial charge is 0.395 e. The van der Waals surface area contributed by atoms with E-state index in [1.807, 2.05) is 18.7 Å². The summed E-state index contributed by atoms with van der Waals surface area (Å²) < 4.78 is 0. The molecule has 0 heterocycles. The van der Waals surface area contributed by atoms with E-state index in [9.17, 15) is 9.59 Å². The predicted octanol–water partition coefficient (Wildman–Crippen LogP) is -0.0751. The highest BCUT2D eigenvalue weighted by Gasteiger charge is 2.18. The lowest BCUT2D eigenvalue weighted by atomic mass is 10.1. The van der Waals surface area contributed by atoms with Crippen molar-refractivity contribution in [1.29, 1.82) is 0 Å². The van der Waals surface area contributed by atoms with E-state index >= 15 is 0 Å². The smallest absolute Gasteiger partial charge is 0.321 e. The van der Waals surface area contributed by atoms with Gasteiger partial charge in [0.2, 0.25) is 5.91 Å². The number of urea groups is 1. The second-order valence-corrected chi connectivity index (χ2v) is 3.79. The zero-order chi connectivity index (χ0) is 13.3. The molecule has 0 saturated heterocycles. The molecule has 0 aliphatic rings. The average molecular weight is 245 g/mol. The number of aliphatic hydroxyl groups excluding tert-OH is 1. The summed E-state index contributed by atoms with van der Waals surface area (Å²) in [6.45, 7) is 4.64. The lowest BCUT2D eigenvalue weighted by Crippen LogP contribution is -2.47. The van der Waals surface area contributed by atoms with Crippen LogP contribution < -0.4 is 10.6 Å². The van der Waals surface area contributed by atoms with E-state index in [-0.39, 0.29) is 25.1 Å². The van der Waals surface area contributed by atoms with Crippen LogP contribution >= 0.6 is 0 Å². The number of hydrogen-bond donors (Lipinski definition) is 3. The topological polar surface area (TPSA) is 81.7 Å². The average Bonchev–Trinajstić information content (AvgIpc) is 2.30. The standard InChI is InChI=1S/C11H23N3O3/c1-4-9(5-2)14(6-7-15)8-10(16)13-11(17)12-3/h9,15H,4-8H2,1-3H3,(H2,12,13,16,17). The van der Waals surface area contributed by atoms with Crippen LogP contribution in [0.15, 0.2) is 0 Å². The van der Waals surface area contributed by atoms with E-state index in [0.29, 0.717) is 6.54 Å². The minimum absolute atomic E-state index is 0.00372. The lowest BCUT2D eigenvalue weighted by Gasteiger charge is -2.28. The van der Waals surface area contributed by atoms with Gasteiger partial charge in [-0.15, -0.1) is 0 Å². The molecule has 6 heteroatoms. The molecule has 100 valence electrons. The van der Waals surface area contributed by atoms with Gasteiger partial charge in [0.15, 0.2) is 0 Å². The van der Waals surface area contributed by atoms with Crippen LogP contribution in [0, 0.1) is 0 Å². The first-order valence-electron chi connectivity index (χ1n) is 5.95. The number of nitrogens with one attached hydrogen (secondary N) is 2. The number of rotatable bonds is 7. The van der Waals surface area contributed by atoms with Crippen LogP contribution in [0.5, 0.6) is 0 Å². The molecule has 0 rings (SSSR count). The number of hydrogen-bond acceptors (Lipinski definition) is 4. The summed E-state index contributed by atoms with van der Waals surface area (Å²) >= 11 is 0. The fourth-order valence-corrected chi connectivity index (χ4v) is 1.74. The van der Waals surface area contributed by atoms with Crippen LogP contribution in [-0.2, 0) is 4.79 Å². The molecule has 17 heavy (non-hydrogen) atoms. The number of aliphatic hydroxyl groups is 1. The first-order chi connectivity index (χ1) is 8.08. The number of imide groups is 1. The fraction of sp³-hybridized carbons (Fsp3) is 0.818. The third kappa shape index (κ3) is 6.23. The van der Waals surface area contributed by atoms with E-state index in [2.05, 4.69) is 10.6 Å². The van der Waals surface area contributed by atoms with Crippen molar-refractivity contribution in [3.05, 3.63) is 0 Å². The second-order valence-electron chi connectivity index (χ2n) is 3.79. The third-order valence-corrected chi connectivity index (χ3v) is 2.67. The summed E-state index contributed by atoms with van der Waals surface area (Å²) in [5.74, 6) is -0.357. The molecule has 0 aromatic carbocycles. The molecule has 3 N–H and O–H groups in total. The summed E-state index contributed by atoms with van der Waals surface area (Å²) in [4.78, 5) is 24.4. The van der Waals surface area contributed by atoms with Crippen LogP contribution in [0.25, 0.3) is 0 Å². The van der Waals surface area contributed by atoms with Gasteiger partial charge >= 0.3 is 6.03 Å². The maximum Gasteiger partial charge on any atom is 0.321 e. The molecule has 0 aliphatic carbocycles. The Labute approximate surface area is 102 Å². The SMILES string of the molecule is CCC(CC)N(CCO)CC(=O)NC(=O)NC. The van der Waals surface area contributed by atoms with Crippen molar-refractivity contribution in [1.82, 2.24) is 15.5 Å². The maximum absolute atomic E-state index is 11.5. The van der Waals surface area contributed by atoms with Crippen LogP contribution in [-0.4, -0.2) is 54.7 Å². The summed E-state index contributed by atoms with van der Waals surface area (Å²) in [5.41, 5.74) is 0. The molecule has 0 atom stereocenters. The van der Waals surface area contributed by atoms with Crippen molar-refractivity contribution in [3.8, 4) is 0 Å². The highest BCUT2D eigenvalue weighted by Crippen LogP contribution is 2.07. The van der Waals surface area contributed by atoms with Crippen LogP contribution in [0.1, 0.15) is 26.7 Å². The third-order valence-electron chi connectivity index (χ3n) is 2.67. The number of nitrogens with zero attached hydrogens (tertiary/aromatic N) is 1. The molecule has 0 aromatic heterocycles. The van der Waals surface area contributed by atoms with Gasteiger partial charge in [-0.2, -0.15) is 0 Å². The summed E-state index contributed by atoms with van der Waals surface area (Å²) in [5, 5.41) is 13.5. The van der Waals surface area contributed by atoms with Crippen molar-refractivity contribution in [3.63, 3.8) is 0 Å². The molecule has 0 saturated carbocycles. The minimum Gasteiger partial charge on any atom is -0.395 e. The van der Waals surface area contributed by atoms with Crippen molar-refractivity contribution in [2.24, 2.45) is 0 Å². The zero-order valence-corrected chi connectivity index (χ0v) is 10.8. The lowest BCUT2D eigenvalue weighted by molar-refractivity contribution is -0.121. The zero-order valence-electron chi connectivity index (χ0n) is 10.8. The van der Waals surface area contributed by atoms with Crippen LogP contribution in [0.2, 0.25) is 0 Å². The minimum atomic E-state index is -0.511. The molecular weight excluding hydrogens is 222 g/mol. The van der Waals surface area contributed by atoms with E-state index in [1.165, 1.54) is 7.05 Å². The van der Waals surface area contributed by atoms with E-state index in [0.717, 1.165) is 12.8 Å². The van der Waals surface area contributed by atoms with Crippen LogP contribution in [0.4, 0.5) is 4.79 Å². The number of carbonyl (C=O) groups excluding carboxylic acids is 2. The highest BCUT2D eigenvalue weighted by molar-refractivity contribution is 5.95. The Morgan fingerprint density at radius 2 is 1.88 bits per heavy atom. The predicted molar refractivity (Wildman–Crippen MR) is 65.6 cm³/mol. The van der Waals surface area contributed by atoms with Crippen molar-refractivity contribution >= 4 is 11.9 Å².